The van der Waals surface area contributed by atoms with Crippen LogP contribution in [0.4, 0.5) is 0 Å². The molecule has 102 valence electrons. The van der Waals surface area contributed by atoms with E-state index in [0.29, 0.717) is 0 Å². The zero-order chi connectivity index (χ0) is 13.1. The van der Waals surface area contributed by atoms with E-state index in [9.17, 15) is 0 Å². The molecule has 0 atom stereocenters. The first-order valence-corrected chi connectivity index (χ1v) is 15.5. The summed E-state index contributed by atoms with van der Waals surface area (Å²) in [7, 11) is 2.24. The minimum atomic E-state index is -1.07. The maximum absolute atomic E-state index is 2.62. The molecule has 0 fully saturated rings. The van der Waals surface area contributed by atoms with Gasteiger partial charge in [0.15, 0.2) is 0 Å². The molecule has 0 N–H and O–H groups in total. The van der Waals surface area contributed by atoms with Gasteiger partial charge in [-0.15, -0.1) is 0 Å². The monoisotopic (exact) mass is 344 g/mol. The van der Waals surface area contributed by atoms with Crippen LogP contribution in [0.2, 0.25) is 13.0 Å². The number of hydrogen-bond donors (Lipinski definition) is 0. The van der Waals surface area contributed by atoms with Gasteiger partial charge in [-0.2, -0.15) is 0 Å². The Bertz CT molecular complexity index is 160. The maximum atomic E-state index is 2.62. The van der Waals surface area contributed by atoms with Gasteiger partial charge in [0, 0.05) is 0 Å². The van der Waals surface area contributed by atoms with Crippen molar-refractivity contribution >= 4 is 21.4 Å². The summed E-state index contributed by atoms with van der Waals surface area (Å²) >= 11 is -1.07. The van der Waals surface area contributed by atoms with Crippen molar-refractivity contribution in [1.82, 2.24) is 9.80 Å². The van der Waals surface area contributed by atoms with E-state index >= 15 is 0 Å². The van der Waals surface area contributed by atoms with Crippen LogP contribution in [0.3, 0.4) is 0 Å². The van der Waals surface area contributed by atoms with Crippen LogP contribution in [-0.4, -0.2) is 71.0 Å². The molecule has 0 bridgehead atoms. The quantitative estimate of drug-likeness (QED) is 0.568. The Hall–Kier alpha value is 0.790. The standard InChI is InChI=1S/C7H16N.C6H14N.CH3.In/c1-4-7-8(5-2)6-3;1-4-6-7(3)5-2;;/h1,4-7H2,2-3H3;1,4-6H2,2-3H3;1H3;. The first-order valence-electron chi connectivity index (χ1n) is 7.54. The van der Waals surface area contributed by atoms with Gasteiger partial charge in [0.1, 0.15) is 0 Å². The van der Waals surface area contributed by atoms with Crippen molar-refractivity contribution in [3.63, 3.8) is 0 Å². The van der Waals surface area contributed by atoms with E-state index in [0.717, 1.165) is 0 Å². The van der Waals surface area contributed by atoms with Crippen molar-refractivity contribution in [1.29, 1.82) is 0 Å². The summed E-state index contributed by atoms with van der Waals surface area (Å²) in [5, 5.41) is 0. The predicted molar refractivity (Wildman–Crippen MR) is 81.4 cm³/mol. The molecule has 17 heavy (non-hydrogen) atoms. The predicted octanol–water partition coefficient (Wildman–Crippen LogP) is 3.18. The second kappa shape index (κ2) is 11.9. The average molecular weight is 344 g/mol. The molecular weight excluding hydrogens is 311 g/mol. The van der Waals surface area contributed by atoms with Gasteiger partial charge in [0.05, 0.1) is 0 Å². The molecule has 2 nitrogen and oxygen atoms in total. The zero-order valence-corrected chi connectivity index (χ0v) is 16.1. The van der Waals surface area contributed by atoms with Crippen molar-refractivity contribution in [2.75, 3.05) is 39.8 Å². The fourth-order valence-electron chi connectivity index (χ4n) is 2.22. The molecule has 0 amide bonds. The Morgan fingerprint density at radius 1 is 0.824 bits per heavy atom. The summed E-state index contributed by atoms with van der Waals surface area (Å²) in [5.74, 6) is 0. The Morgan fingerprint density at radius 3 is 1.82 bits per heavy atom. The van der Waals surface area contributed by atoms with Gasteiger partial charge in [0.2, 0.25) is 0 Å². The van der Waals surface area contributed by atoms with Crippen molar-refractivity contribution in [2.24, 2.45) is 0 Å². The number of hydrogen-bond acceptors (Lipinski definition) is 2. The topological polar surface area (TPSA) is 6.48 Å². The SMILES string of the molecule is CCN(C)CC[CH2][In]([CH3])[CH2]CCN(CC)CC. The van der Waals surface area contributed by atoms with E-state index in [-0.39, 0.29) is 0 Å². The average Bonchev–Trinajstić information content (AvgIpc) is 2.34. The molecule has 3 heteroatoms. The summed E-state index contributed by atoms with van der Waals surface area (Å²) in [6, 6.07) is 0. The summed E-state index contributed by atoms with van der Waals surface area (Å²) in [5.41, 5.74) is 0. The summed E-state index contributed by atoms with van der Waals surface area (Å²) in [6.45, 7) is 13.1. The third kappa shape index (κ3) is 10.4. The van der Waals surface area contributed by atoms with Crippen molar-refractivity contribution in [2.45, 2.75) is 46.6 Å². The molecular formula is C14H33InN2. The molecule has 0 rings (SSSR count). The molecule has 0 radical (unpaired) electrons. The number of rotatable bonds is 11. The fourth-order valence-corrected chi connectivity index (χ4v) is 8.06. The molecule has 0 aliphatic rings. The normalized spacial score (nSPS) is 11.5. The first kappa shape index (κ1) is 17.8. The van der Waals surface area contributed by atoms with Crippen LogP contribution < -0.4 is 0 Å². The van der Waals surface area contributed by atoms with Gasteiger partial charge in [-0.1, -0.05) is 0 Å². The van der Waals surface area contributed by atoms with Crippen LogP contribution in [0.5, 0.6) is 0 Å². The van der Waals surface area contributed by atoms with Crippen LogP contribution in [0, 0.1) is 0 Å². The molecule has 0 aliphatic carbocycles. The summed E-state index contributed by atoms with van der Waals surface area (Å²) < 4.78 is 5.83. The molecule has 0 aromatic carbocycles. The molecule has 0 unspecified atom stereocenters. The fraction of sp³-hybridized carbons (Fsp3) is 1.00. The Kier molecular flexibility index (Phi) is 12.4. The van der Waals surface area contributed by atoms with E-state index in [1.807, 2.05) is 0 Å². The van der Waals surface area contributed by atoms with Gasteiger partial charge < -0.3 is 0 Å². The van der Waals surface area contributed by atoms with Gasteiger partial charge >= 0.3 is 118 Å². The van der Waals surface area contributed by atoms with Crippen LogP contribution >= 0.6 is 0 Å². The van der Waals surface area contributed by atoms with Crippen molar-refractivity contribution < 1.29 is 0 Å². The molecule has 0 spiro atoms. The summed E-state index contributed by atoms with van der Waals surface area (Å²) in [4.78, 5) is 5.00. The molecule has 0 aromatic heterocycles. The van der Waals surface area contributed by atoms with Crippen LogP contribution in [0.25, 0.3) is 0 Å². The van der Waals surface area contributed by atoms with Crippen molar-refractivity contribution in [3.05, 3.63) is 0 Å². The van der Waals surface area contributed by atoms with E-state index in [4.69, 9.17) is 0 Å². The van der Waals surface area contributed by atoms with E-state index < -0.39 is 21.4 Å². The van der Waals surface area contributed by atoms with Gasteiger partial charge in [-0.05, 0) is 0 Å². The second-order valence-electron chi connectivity index (χ2n) is 5.31. The van der Waals surface area contributed by atoms with E-state index in [1.165, 1.54) is 45.6 Å². The van der Waals surface area contributed by atoms with E-state index in [1.54, 1.807) is 8.35 Å². The molecule has 0 heterocycles. The van der Waals surface area contributed by atoms with Crippen LogP contribution in [0.15, 0.2) is 0 Å². The summed E-state index contributed by atoms with van der Waals surface area (Å²) in [6.07, 6.45) is 2.91. The van der Waals surface area contributed by atoms with Crippen molar-refractivity contribution in [3.8, 4) is 0 Å². The van der Waals surface area contributed by atoms with E-state index in [2.05, 4.69) is 42.3 Å². The molecule has 0 saturated heterocycles. The van der Waals surface area contributed by atoms with Gasteiger partial charge in [-0.3, -0.25) is 0 Å². The van der Waals surface area contributed by atoms with Crippen LogP contribution in [0.1, 0.15) is 33.6 Å². The molecule has 0 aromatic rings. The Labute approximate surface area is 117 Å². The van der Waals surface area contributed by atoms with Gasteiger partial charge in [0.25, 0.3) is 0 Å². The van der Waals surface area contributed by atoms with Gasteiger partial charge in [-0.25, -0.2) is 0 Å². The Balaban J connectivity index is 3.43. The third-order valence-electron chi connectivity index (χ3n) is 3.84. The molecule has 0 saturated carbocycles. The first-order chi connectivity index (χ1) is 8.13. The minimum absolute atomic E-state index is 1.07. The third-order valence-corrected chi connectivity index (χ3v) is 11.8. The van der Waals surface area contributed by atoms with Crippen LogP contribution in [-0.2, 0) is 0 Å². The zero-order valence-electron chi connectivity index (χ0n) is 12.8. The molecule has 0 aliphatic heterocycles. The number of nitrogens with zero attached hydrogens (tertiary/aromatic N) is 2. The Morgan fingerprint density at radius 2 is 1.35 bits per heavy atom. The second-order valence-corrected chi connectivity index (χ2v) is 14.9.